The number of nitrogens with one attached hydrogen (secondary N) is 2. The van der Waals surface area contributed by atoms with E-state index in [0.29, 0.717) is 0 Å². The number of likely N-dealkylation sites (N-methyl/N-ethyl adjacent to an activating group) is 1. The highest BCUT2D eigenvalue weighted by atomic mass is 19.1. The fourth-order valence-electron chi connectivity index (χ4n) is 6.10. The molecule has 12 nitrogen and oxygen atoms in total. The monoisotopic (exact) mass is 518 g/mol. The number of urea groups is 1. The Kier molecular flexibility index (Phi) is 6.41. The van der Waals surface area contributed by atoms with Crippen LogP contribution in [0.4, 0.5) is 9.18 Å². The lowest BCUT2D eigenvalue weighted by molar-refractivity contribution is -0.181. The van der Waals surface area contributed by atoms with Gasteiger partial charge in [-0.15, -0.1) is 0 Å². The van der Waals surface area contributed by atoms with Crippen LogP contribution in [0.3, 0.4) is 0 Å². The quantitative estimate of drug-likeness (QED) is 0.293. The molecule has 0 aliphatic heterocycles. The first-order valence-corrected chi connectivity index (χ1v) is 11.6. The number of carbonyl (C=O) groups excluding carboxylic acids is 6. The van der Waals surface area contributed by atoms with Gasteiger partial charge in [-0.25, -0.2) is 9.18 Å². The van der Waals surface area contributed by atoms with Crippen LogP contribution in [0.25, 0.3) is 0 Å². The fraction of sp³-hybridized carbons (Fsp3) is 0.500. The van der Waals surface area contributed by atoms with E-state index in [-0.39, 0.29) is 30.5 Å². The van der Waals surface area contributed by atoms with E-state index in [2.05, 4.69) is 10.6 Å². The summed E-state index contributed by atoms with van der Waals surface area (Å²) in [6.45, 7) is -0.295. The summed E-state index contributed by atoms with van der Waals surface area (Å²) < 4.78 is 15.5. The van der Waals surface area contributed by atoms with Gasteiger partial charge in [0.1, 0.15) is 11.6 Å². The minimum Gasteiger partial charge on any atom is -0.507 e. The number of ketones is 4. The van der Waals surface area contributed by atoms with E-state index >= 15 is 4.39 Å². The van der Waals surface area contributed by atoms with Crippen LogP contribution in [0.5, 0.6) is 5.75 Å². The van der Waals surface area contributed by atoms with E-state index in [1.807, 2.05) is 0 Å². The summed E-state index contributed by atoms with van der Waals surface area (Å²) in [4.78, 5) is 78.2. The number of hydrogen-bond donors (Lipinski definition) is 5. The van der Waals surface area contributed by atoms with E-state index in [1.165, 1.54) is 26.0 Å². The average molecular weight is 518 g/mol. The number of hydrogen-bond acceptors (Lipinski definition) is 9. The number of primary amides is 1. The molecule has 0 radical (unpaired) electrons. The lowest BCUT2D eigenvalue weighted by Crippen LogP contribution is -2.74. The zero-order valence-electron chi connectivity index (χ0n) is 20.3. The smallest absolute Gasteiger partial charge is 0.314 e. The Balaban J connectivity index is 1.81. The van der Waals surface area contributed by atoms with Crippen molar-refractivity contribution >= 4 is 35.1 Å². The minimum absolute atomic E-state index is 0.0942. The molecule has 3 amide bonds. The molecule has 6 N–H and O–H groups in total. The van der Waals surface area contributed by atoms with E-state index in [9.17, 15) is 39.0 Å². The molecule has 198 valence electrons. The lowest BCUT2D eigenvalue weighted by atomic mass is 9.52. The Morgan fingerprint density at radius 1 is 1.22 bits per heavy atom. The number of carbonyl (C=O) groups is 6. The maximum atomic E-state index is 15.5. The summed E-state index contributed by atoms with van der Waals surface area (Å²) in [7, 11) is 4.31. The molecule has 2 fully saturated rings. The van der Waals surface area contributed by atoms with Crippen molar-refractivity contribution in [3.63, 3.8) is 0 Å². The first kappa shape index (κ1) is 26.4. The number of phenols is 1. The van der Waals surface area contributed by atoms with Gasteiger partial charge in [0.05, 0.1) is 17.5 Å². The Bertz CT molecular complexity index is 1260. The van der Waals surface area contributed by atoms with Gasteiger partial charge >= 0.3 is 6.03 Å². The van der Waals surface area contributed by atoms with Crippen molar-refractivity contribution in [2.24, 2.45) is 29.4 Å². The molecule has 3 aliphatic carbocycles. The molecular weight excluding hydrogens is 491 g/mol. The van der Waals surface area contributed by atoms with Crippen LogP contribution >= 0.6 is 0 Å². The van der Waals surface area contributed by atoms with Gasteiger partial charge in [0.25, 0.3) is 0 Å². The van der Waals surface area contributed by atoms with E-state index < -0.39 is 87.5 Å². The van der Waals surface area contributed by atoms with Crippen LogP contribution in [0.15, 0.2) is 6.07 Å². The standard InChI is InChI=1S/C24H27FN4O8/c1-27-23(36)28-7-9-6-12(30)14-10(16(9)25)4-8-5-11-17(29(2)3)19(32)15(22(26)35)21(34)24(11,37)20(33)13(8)18(14)31/h6,8,11,13,15,17,30,37H,4-5,7H2,1-3H3,(H2,26,35)(H2,27,28,36)/t8-,11-,13?,15?,17-,24-/m0/s1. The number of Topliss-reactive ketones (excluding diaryl/α,β-unsaturated/α-hetero) is 4. The first-order valence-electron chi connectivity index (χ1n) is 11.6. The van der Waals surface area contributed by atoms with Gasteiger partial charge < -0.3 is 26.6 Å². The second-order valence-corrected chi connectivity index (χ2v) is 9.94. The lowest BCUT2D eigenvalue weighted by Gasteiger charge is -2.52. The van der Waals surface area contributed by atoms with Crippen molar-refractivity contribution in [1.82, 2.24) is 15.5 Å². The maximum Gasteiger partial charge on any atom is 0.314 e. The van der Waals surface area contributed by atoms with Crippen molar-refractivity contribution in [3.8, 4) is 5.75 Å². The predicted octanol–water partition coefficient (Wildman–Crippen LogP) is -1.56. The summed E-state index contributed by atoms with van der Waals surface area (Å²) in [5, 5.41) is 26.7. The average Bonchev–Trinajstić information content (AvgIpc) is 2.81. The number of aliphatic hydroxyl groups is 1. The molecule has 1 aromatic carbocycles. The van der Waals surface area contributed by atoms with Crippen LogP contribution in [-0.4, -0.2) is 83.0 Å². The van der Waals surface area contributed by atoms with Gasteiger partial charge in [-0.1, -0.05) is 0 Å². The Morgan fingerprint density at radius 3 is 2.43 bits per heavy atom. The van der Waals surface area contributed by atoms with E-state index in [0.717, 1.165) is 6.07 Å². The zero-order chi connectivity index (χ0) is 27.6. The molecule has 3 aliphatic rings. The normalized spacial score (nSPS) is 30.9. The molecule has 0 aromatic heterocycles. The van der Waals surface area contributed by atoms with Crippen molar-refractivity contribution in [1.29, 1.82) is 0 Å². The number of fused-ring (bicyclic) bond motifs is 3. The van der Waals surface area contributed by atoms with Crippen molar-refractivity contribution in [2.75, 3.05) is 21.1 Å². The number of phenolic OH excluding ortho intramolecular Hbond substituents is 1. The molecule has 0 saturated heterocycles. The number of nitrogens with two attached hydrogens (primary N) is 1. The van der Waals surface area contributed by atoms with E-state index in [4.69, 9.17) is 5.73 Å². The van der Waals surface area contributed by atoms with Crippen LogP contribution in [-0.2, 0) is 32.1 Å². The third kappa shape index (κ3) is 3.72. The summed E-state index contributed by atoms with van der Waals surface area (Å²) in [5.41, 5.74) is 1.71. The summed E-state index contributed by atoms with van der Waals surface area (Å²) in [6.07, 6.45) is -0.399. The van der Waals surface area contributed by atoms with Crippen LogP contribution in [0.2, 0.25) is 0 Å². The molecule has 6 atom stereocenters. The van der Waals surface area contributed by atoms with Gasteiger partial charge in [0.2, 0.25) is 5.91 Å². The zero-order valence-corrected chi connectivity index (χ0v) is 20.3. The van der Waals surface area contributed by atoms with E-state index in [1.54, 1.807) is 0 Å². The molecule has 0 spiro atoms. The van der Waals surface area contributed by atoms with Gasteiger partial charge in [0.15, 0.2) is 34.7 Å². The van der Waals surface area contributed by atoms with Gasteiger partial charge in [-0.3, -0.25) is 28.9 Å². The summed E-state index contributed by atoms with van der Waals surface area (Å²) >= 11 is 0. The molecule has 0 bridgehead atoms. The molecule has 13 heteroatoms. The first-order chi connectivity index (χ1) is 17.3. The third-order valence-corrected chi connectivity index (χ3v) is 7.74. The molecular formula is C24H27FN4O8. The highest BCUT2D eigenvalue weighted by Crippen LogP contribution is 2.51. The van der Waals surface area contributed by atoms with Crippen LogP contribution in [0, 0.1) is 29.5 Å². The van der Waals surface area contributed by atoms with Gasteiger partial charge in [-0.05, 0) is 38.9 Å². The fourth-order valence-corrected chi connectivity index (χ4v) is 6.10. The largest absolute Gasteiger partial charge is 0.507 e. The van der Waals surface area contributed by atoms with Crippen LogP contribution < -0.4 is 16.4 Å². The minimum atomic E-state index is -2.84. The topological polar surface area (TPSA) is 196 Å². The SMILES string of the molecule is CNC(=O)NCc1cc(O)c2c(c1F)C[C@H]1C[C@H]3[C@H](N(C)C)C(=O)C(C(N)=O)C(=O)[C@@]3(O)C(=O)C1C2=O. The number of benzene rings is 1. The molecule has 1 aromatic rings. The van der Waals surface area contributed by atoms with Crippen molar-refractivity contribution < 1.29 is 43.4 Å². The Labute approximate surface area is 210 Å². The molecule has 2 saturated carbocycles. The van der Waals surface area contributed by atoms with Gasteiger partial charge in [-0.2, -0.15) is 0 Å². The second kappa shape index (κ2) is 8.99. The molecule has 4 rings (SSSR count). The maximum absolute atomic E-state index is 15.5. The Morgan fingerprint density at radius 2 is 1.86 bits per heavy atom. The van der Waals surface area contributed by atoms with Crippen molar-refractivity contribution in [2.45, 2.75) is 31.0 Å². The van der Waals surface area contributed by atoms with Gasteiger partial charge in [0, 0.05) is 30.6 Å². The molecule has 0 heterocycles. The summed E-state index contributed by atoms with van der Waals surface area (Å²) in [5.74, 6) is -13.1. The molecule has 2 unspecified atom stereocenters. The summed E-state index contributed by atoms with van der Waals surface area (Å²) in [6, 6.07) is -0.883. The van der Waals surface area contributed by atoms with Crippen molar-refractivity contribution in [3.05, 3.63) is 28.6 Å². The second-order valence-electron chi connectivity index (χ2n) is 9.94. The number of amides is 3. The Hall–Kier alpha value is -3.71. The third-order valence-electron chi connectivity index (χ3n) is 7.74. The number of aromatic hydroxyl groups is 1. The number of nitrogens with zero attached hydrogens (tertiary/aromatic N) is 1. The predicted molar refractivity (Wildman–Crippen MR) is 123 cm³/mol. The highest BCUT2D eigenvalue weighted by molar-refractivity contribution is 6.32. The number of halogens is 1. The van der Waals surface area contributed by atoms with Crippen LogP contribution in [0.1, 0.15) is 27.9 Å². The molecule has 37 heavy (non-hydrogen) atoms. The highest BCUT2D eigenvalue weighted by Gasteiger charge is 2.69. The number of rotatable bonds is 4.